The number of imide groups is 1. The van der Waals surface area contributed by atoms with E-state index in [1.165, 1.54) is 0 Å². The Balaban J connectivity index is 1.70. The summed E-state index contributed by atoms with van der Waals surface area (Å²) >= 11 is 0. The average Bonchev–Trinajstić information content (AvgIpc) is 3.05. The Morgan fingerprint density at radius 3 is 2.67 bits per heavy atom. The summed E-state index contributed by atoms with van der Waals surface area (Å²) in [5.74, 6) is -0.275. The minimum atomic E-state index is -4.60. The molecule has 2 saturated heterocycles. The molecule has 1 aromatic heterocycles. The largest absolute Gasteiger partial charge is 0.464 e. The number of nitrogens with zero attached hydrogens (tertiary/aromatic N) is 2. The van der Waals surface area contributed by atoms with Gasteiger partial charge in [0.05, 0.1) is 19.1 Å². The van der Waals surface area contributed by atoms with Gasteiger partial charge in [0.2, 0.25) is 11.8 Å². The standard InChI is InChI=1S/C15H17F3N2O4/c1-9-2-3-11(24-9)12-7-19(4-5-23-12)10-6-13(21)20(14(10)22)8-15(16,17)18/h2-3,10,12H,4-8H2,1H3/t10-,12-/m1/s1. The van der Waals surface area contributed by atoms with Crippen LogP contribution >= 0.6 is 0 Å². The van der Waals surface area contributed by atoms with E-state index in [1.54, 1.807) is 24.0 Å². The van der Waals surface area contributed by atoms with Crippen molar-refractivity contribution in [2.75, 3.05) is 26.2 Å². The van der Waals surface area contributed by atoms with E-state index in [9.17, 15) is 22.8 Å². The molecule has 9 heteroatoms. The molecule has 24 heavy (non-hydrogen) atoms. The van der Waals surface area contributed by atoms with E-state index in [1.807, 2.05) is 0 Å². The molecule has 3 rings (SSSR count). The van der Waals surface area contributed by atoms with E-state index < -0.39 is 36.7 Å². The number of furan rings is 1. The lowest BCUT2D eigenvalue weighted by atomic mass is 10.1. The molecule has 2 fully saturated rings. The van der Waals surface area contributed by atoms with Crippen LogP contribution in [0.2, 0.25) is 0 Å². The highest BCUT2D eigenvalue weighted by atomic mass is 19.4. The second-order valence-electron chi connectivity index (χ2n) is 5.96. The predicted molar refractivity (Wildman–Crippen MR) is 74.9 cm³/mol. The molecule has 3 heterocycles. The maximum atomic E-state index is 12.5. The van der Waals surface area contributed by atoms with Crippen molar-refractivity contribution in [2.45, 2.75) is 31.7 Å². The van der Waals surface area contributed by atoms with Crippen LogP contribution in [0.3, 0.4) is 0 Å². The Labute approximate surface area is 136 Å². The van der Waals surface area contributed by atoms with Crippen LogP contribution in [0.25, 0.3) is 0 Å². The average molecular weight is 346 g/mol. The predicted octanol–water partition coefficient (Wildman–Crippen LogP) is 1.65. The van der Waals surface area contributed by atoms with Crippen molar-refractivity contribution in [2.24, 2.45) is 0 Å². The van der Waals surface area contributed by atoms with Crippen LogP contribution in [-0.2, 0) is 14.3 Å². The second kappa shape index (κ2) is 6.21. The molecule has 0 saturated carbocycles. The van der Waals surface area contributed by atoms with Crippen LogP contribution in [-0.4, -0.2) is 60.1 Å². The first-order valence-corrected chi connectivity index (χ1v) is 7.57. The lowest BCUT2D eigenvalue weighted by Crippen LogP contribution is -2.49. The van der Waals surface area contributed by atoms with Crippen molar-refractivity contribution in [1.29, 1.82) is 0 Å². The molecule has 0 unspecified atom stereocenters. The summed E-state index contributed by atoms with van der Waals surface area (Å²) in [5, 5.41) is 0. The van der Waals surface area contributed by atoms with Crippen LogP contribution in [0.15, 0.2) is 16.5 Å². The number of halogens is 3. The van der Waals surface area contributed by atoms with Crippen molar-refractivity contribution >= 4 is 11.8 Å². The molecule has 2 aliphatic heterocycles. The summed E-state index contributed by atoms with van der Waals surface area (Å²) in [7, 11) is 0. The fourth-order valence-electron chi connectivity index (χ4n) is 3.05. The number of aryl methyl sites for hydroxylation is 1. The molecule has 0 radical (unpaired) electrons. The molecule has 0 spiro atoms. The molecular formula is C15H17F3N2O4. The molecule has 0 bridgehead atoms. The van der Waals surface area contributed by atoms with Crippen molar-refractivity contribution in [3.63, 3.8) is 0 Å². The zero-order chi connectivity index (χ0) is 17.5. The Hall–Kier alpha value is -1.87. The van der Waals surface area contributed by atoms with Crippen molar-refractivity contribution in [1.82, 2.24) is 9.80 Å². The van der Waals surface area contributed by atoms with Gasteiger partial charge in [-0.1, -0.05) is 0 Å². The fourth-order valence-corrected chi connectivity index (χ4v) is 3.05. The van der Waals surface area contributed by atoms with Gasteiger partial charge in [0, 0.05) is 13.1 Å². The molecule has 0 N–H and O–H groups in total. The normalized spacial score (nSPS) is 26.4. The number of carbonyl (C=O) groups excluding carboxylic acids is 2. The molecule has 0 aromatic carbocycles. The maximum absolute atomic E-state index is 12.5. The van der Waals surface area contributed by atoms with E-state index in [-0.39, 0.29) is 13.0 Å². The molecule has 1 aromatic rings. The van der Waals surface area contributed by atoms with Crippen molar-refractivity contribution < 1.29 is 31.9 Å². The summed E-state index contributed by atoms with van der Waals surface area (Å²) in [5.41, 5.74) is 0. The number of alkyl halides is 3. The van der Waals surface area contributed by atoms with E-state index in [0.717, 1.165) is 0 Å². The lowest BCUT2D eigenvalue weighted by Gasteiger charge is -2.34. The molecule has 132 valence electrons. The highest BCUT2D eigenvalue weighted by molar-refractivity contribution is 6.05. The topological polar surface area (TPSA) is 63.0 Å². The van der Waals surface area contributed by atoms with E-state index in [2.05, 4.69) is 0 Å². The molecular weight excluding hydrogens is 329 g/mol. The molecule has 0 aliphatic carbocycles. The van der Waals surface area contributed by atoms with Gasteiger partial charge in [-0.2, -0.15) is 13.2 Å². The van der Waals surface area contributed by atoms with E-state index in [4.69, 9.17) is 9.15 Å². The Bertz CT molecular complexity index is 643. The van der Waals surface area contributed by atoms with Gasteiger partial charge >= 0.3 is 6.18 Å². The summed E-state index contributed by atoms with van der Waals surface area (Å²) in [6.45, 7) is 1.22. The number of carbonyl (C=O) groups is 2. The second-order valence-corrected chi connectivity index (χ2v) is 5.96. The van der Waals surface area contributed by atoms with Crippen LogP contribution in [0.4, 0.5) is 13.2 Å². The summed E-state index contributed by atoms with van der Waals surface area (Å²) in [6.07, 6.45) is -5.25. The summed E-state index contributed by atoms with van der Waals surface area (Å²) in [4.78, 5) is 26.0. The zero-order valence-corrected chi connectivity index (χ0v) is 13.0. The quantitative estimate of drug-likeness (QED) is 0.779. The first-order valence-electron chi connectivity index (χ1n) is 7.57. The Morgan fingerprint density at radius 1 is 1.29 bits per heavy atom. The van der Waals surface area contributed by atoms with Gasteiger partial charge in [-0.3, -0.25) is 19.4 Å². The van der Waals surface area contributed by atoms with Crippen LogP contribution in [0.5, 0.6) is 0 Å². The maximum Gasteiger partial charge on any atom is 0.406 e. The first-order chi connectivity index (χ1) is 11.2. The minimum absolute atomic E-state index is 0.237. The SMILES string of the molecule is Cc1ccc([C@H]2CN([C@@H]3CC(=O)N(CC(F)(F)F)C3=O)CCO2)o1. The first kappa shape index (κ1) is 17.0. The third-order valence-electron chi connectivity index (χ3n) is 4.17. The minimum Gasteiger partial charge on any atom is -0.464 e. The Kier molecular flexibility index (Phi) is 4.39. The molecule has 2 aliphatic rings. The van der Waals surface area contributed by atoms with Gasteiger partial charge in [-0.15, -0.1) is 0 Å². The molecule has 6 nitrogen and oxygen atoms in total. The van der Waals surface area contributed by atoms with Gasteiger partial charge in [0.15, 0.2) is 0 Å². The van der Waals surface area contributed by atoms with Crippen LogP contribution < -0.4 is 0 Å². The third-order valence-corrected chi connectivity index (χ3v) is 4.17. The number of amides is 2. The fraction of sp³-hybridized carbons (Fsp3) is 0.600. The highest BCUT2D eigenvalue weighted by Crippen LogP contribution is 2.29. The molecule has 2 atom stereocenters. The lowest BCUT2D eigenvalue weighted by molar-refractivity contribution is -0.166. The zero-order valence-electron chi connectivity index (χ0n) is 13.0. The van der Waals surface area contributed by atoms with Gasteiger partial charge < -0.3 is 9.15 Å². The number of hydrogen-bond acceptors (Lipinski definition) is 5. The van der Waals surface area contributed by atoms with Gasteiger partial charge in [0.25, 0.3) is 0 Å². The van der Waals surface area contributed by atoms with Gasteiger partial charge in [-0.05, 0) is 19.1 Å². The number of rotatable bonds is 3. The van der Waals surface area contributed by atoms with Crippen molar-refractivity contribution in [3.05, 3.63) is 23.7 Å². The summed E-state index contributed by atoms with van der Waals surface area (Å²) in [6, 6.07) is 2.68. The highest BCUT2D eigenvalue weighted by Gasteiger charge is 2.47. The number of ether oxygens (including phenoxy) is 1. The smallest absolute Gasteiger partial charge is 0.406 e. The Morgan fingerprint density at radius 2 is 2.04 bits per heavy atom. The third kappa shape index (κ3) is 3.46. The number of morpholine rings is 1. The number of hydrogen-bond donors (Lipinski definition) is 0. The number of likely N-dealkylation sites (tertiary alicyclic amines) is 1. The van der Waals surface area contributed by atoms with E-state index in [0.29, 0.717) is 29.6 Å². The monoisotopic (exact) mass is 346 g/mol. The summed E-state index contributed by atoms with van der Waals surface area (Å²) < 4.78 is 48.7. The van der Waals surface area contributed by atoms with Gasteiger partial charge in [-0.25, -0.2) is 0 Å². The van der Waals surface area contributed by atoms with Crippen LogP contribution in [0.1, 0.15) is 24.0 Å². The van der Waals surface area contributed by atoms with Crippen molar-refractivity contribution in [3.8, 4) is 0 Å². The van der Waals surface area contributed by atoms with E-state index >= 15 is 0 Å². The van der Waals surface area contributed by atoms with Gasteiger partial charge in [0.1, 0.15) is 24.2 Å². The van der Waals surface area contributed by atoms with Crippen LogP contribution in [0, 0.1) is 6.92 Å². The molecule has 2 amide bonds.